The van der Waals surface area contributed by atoms with E-state index < -0.39 is 8.80 Å². The lowest BCUT2D eigenvalue weighted by Crippen LogP contribution is -2.34. The lowest BCUT2D eigenvalue weighted by Gasteiger charge is -2.09. The summed E-state index contributed by atoms with van der Waals surface area (Å²) in [7, 11) is -3.84. The lowest BCUT2D eigenvalue weighted by atomic mass is 10.3. The van der Waals surface area contributed by atoms with Crippen molar-refractivity contribution in [3.8, 4) is 0 Å². The normalized spacial score (nSPS) is 11.4. The first-order chi connectivity index (χ1) is 6.58. The Hall–Kier alpha value is -0.883. The second-order valence-corrected chi connectivity index (χ2v) is 5.22. The van der Waals surface area contributed by atoms with E-state index in [4.69, 9.17) is 14.4 Å². The minimum absolute atomic E-state index is 0.0762. The van der Waals surface area contributed by atoms with E-state index in [9.17, 15) is 0 Å². The Morgan fingerprint density at radius 3 is 2.29 bits per heavy atom. The van der Waals surface area contributed by atoms with E-state index in [1.54, 1.807) is 0 Å². The molecular weight excluding hydrogens is 198 g/mol. The van der Waals surface area contributed by atoms with E-state index in [1.165, 1.54) is 0 Å². The summed E-state index contributed by atoms with van der Waals surface area (Å²) in [6.07, 6.45) is 0.546. The molecule has 0 atom stereocenters. The van der Waals surface area contributed by atoms with Crippen LogP contribution in [0, 0.1) is 0 Å². The Balaban J connectivity index is 2.17. The summed E-state index contributed by atoms with van der Waals surface area (Å²) in [5.74, 6) is 0. The van der Waals surface area contributed by atoms with Gasteiger partial charge >= 0.3 is 8.80 Å². The van der Waals surface area contributed by atoms with Crippen LogP contribution in [0.15, 0.2) is 30.3 Å². The third-order valence-electron chi connectivity index (χ3n) is 1.79. The van der Waals surface area contributed by atoms with Gasteiger partial charge in [-0.25, -0.2) is 0 Å². The van der Waals surface area contributed by atoms with Crippen molar-refractivity contribution >= 4 is 14.5 Å². The van der Waals surface area contributed by atoms with Gasteiger partial charge in [0.05, 0.1) is 0 Å². The number of nitrogens with one attached hydrogen (secondary N) is 1. The summed E-state index contributed by atoms with van der Waals surface area (Å²) in [6, 6.07) is 9.71. The minimum Gasteiger partial charge on any atom is -0.390 e. The van der Waals surface area contributed by atoms with Gasteiger partial charge in [0.2, 0.25) is 0 Å². The predicted molar refractivity (Wildman–Crippen MR) is 56.8 cm³/mol. The highest BCUT2D eigenvalue weighted by atomic mass is 28.4. The van der Waals surface area contributed by atoms with E-state index in [2.05, 4.69) is 5.32 Å². The molecule has 5 heteroatoms. The van der Waals surface area contributed by atoms with Gasteiger partial charge in [-0.2, -0.15) is 0 Å². The molecule has 0 amide bonds. The van der Waals surface area contributed by atoms with E-state index in [-0.39, 0.29) is 6.04 Å². The molecule has 0 heterocycles. The average Bonchev–Trinajstić information content (AvgIpc) is 2.13. The van der Waals surface area contributed by atoms with Crippen LogP contribution in [0.2, 0.25) is 6.04 Å². The fourth-order valence-corrected chi connectivity index (χ4v) is 1.77. The molecule has 4 N–H and O–H groups in total. The lowest BCUT2D eigenvalue weighted by molar-refractivity contribution is 0.227. The van der Waals surface area contributed by atoms with Crippen molar-refractivity contribution in [2.45, 2.75) is 12.5 Å². The summed E-state index contributed by atoms with van der Waals surface area (Å²) >= 11 is 0. The molecule has 1 rings (SSSR count). The summed E-state index contributed by atoms with van der Waals surface area (Å²) in [5, 5.41) is 3.11. The summed E-state index contributed by atoms with van der Waals surface area (Å²) in [6.45, 7) is 0.625. The highest BCUT2D eigenvalue weighted by Gasteiger charge is 2.25. The smallest absolute Gasteiger partial charge is 0.390 e. The van der Waals surface area contributed by atoms with Gasteiger partial charge in [0.15, 0.2) is 0 Å². The zero-order chi connectivity index (χ0) is 10.4. The number of benzene rings is 1. The molecule has 0 bridgehead atoms. The Labute approximate surface area is 84.2 Å². The molecule has 0 saturated carbocycles. The standard InChI is InChI=1S/C9H15NO3Si/c11-14(12,13)8-4-7-10-9-5-2-1-3-6-9/h1-3,5-6,10-13H,4,7-8H2. The zero-order valence-corrected chi connectivity index (χ0v) is 8.85. The van der Waals surface area contributed by atoms with Crippen LogP contribution >= 0.6 is 0 Å². The van der Waals surface area contributed by atoms with Crippen molar-refractivity contribution in [1.82, 2.24) is 0 Å². The molecule has 1 aromatic rings. The highest BCUT2D eigenvalue weighted by molar-refractivity contribution is 6.56. The molecular formula is C9H15NO3Si. The predicted octanol–water partition coefficient (Wildman–Crippen LogP) is 0.404. The van der Waals surface area contributed by atoms with Crippen LogP contribution in [0.25, 0.3) is 0 Å². The topological polar surface area (TPSA) is 72.7 Å². The first-order valence-corrected chi connectivity index (χ1v) is 6.59. The summed E-state index contributed by atoms with van der Waals surface area (Å²) in [4.78, 5) is 26.2. The molecule has 78 valence electrons. The molecule has 0 aliphatic rings. The van der Waals surface area contributed by atoms with E-state index in [1.807, 2.05) is 30.3 Å². The maximum absolute atomic E-state index is 8.74. The molecule has 0 aromatic heterocycles. The number of hydrogen-bond donors (Lipinski definition) is 4. The molecule has 0 saturated heterocycles. The van der Waals surface area contributed by atoms with Gasteiger partial charge in [0, 0.05) is 18.3 Å². The van der Waals surface area contributed by atoms with Gasteiger partial charge < -0.3 is 19.7 Å². The molecule has 14 heavy (non-hydrogen) atoms. The van der Waals surface area contributed by atoms with Crippen molar-refractivity contribution in [2.24, 2.45) is 0 Å². The van der Waals surface area contributed by atoms with Gasteiger partial charge in [-0.15, -0.1) is 0 Å². The quantitative estimate of drug-likeness (QED) is 0.422. The number of anilines is 1. The number of para-hydroxylation sites is 1. The van der Waals surface area contributed by atoms with Crippen molar-refractivity contribution in [3.63, 3.8) is 0 Å². The van der Waals surface area contributed by atoms with Crippen molar-refractivity contribution < 1.29 is 14.4 Å². The van der Waals surface area contributed by atoms with Gasteiger partial charge in [-0.05, 0) is 18.6 Å². The largest absolute Gasteiger partial charge is 0.492 e. The first-order valence-electron chi connectivity index (χ1n) is 4.54. The van der Waals surface area contributed by atoms with Crippen molar-refractivity contribution in [1.29, 1.82) is 0 Å². The monoisotopic (exact) mass is 213 g/mol. The van der Waals surface area contributed by atoms with Crippen LogP contribution in [0.3, 0.4) is 0 Å². The van der Waals surface area contributed by atoms with Crippen molar-refractivity contribution in [2.75, 3.05) is 11.9 Å². The third kappa shape index (κ3) is 4.98. The van der Waals surface area contributed by atoms with E-state index in [0.717, 1.165) is 5.69 Å². The van der Waals surface area contributed by atoms with Crippen LogP contribution in [-0.4, -0.2) is 29.7 Å². The zero-order valence-electron chi connectivity index (χ0n) is 7.85. The van der Waals surface area contributed by atoms with Gasteiger partial charge in [-0.3, -0.25) is 0 Å². The second kappa shape index (κ2) is 5.11. The minimum atomic E-state index is -3.84. The molecule has 0 spiro atoms. The molecule has 0 unspecified atom stereocenters. The van der Waals surface area contributed by atoms with Gasteiger partial charge in [-0.1, -0.05) is 18.2 Å². The first kappa shape index (κ1) is 11.2. The Kier molecular flexibility index (Phi) is 4.09. The molecule has 1 aromatic carbocycles. The number of rotatable bonds is 5. The maximum Gasteiger partial charge on any atom is 0.492 e. The van der Waals surface area contributed by atoms with Crippen molar-refractivity contribution in [3.05, 3.63) is 30.3 Å². The van der Waals surface area contributed by atoms with Crippen LogP contribution in [0.4, 0.5) is 5.69 Å². The Morgan fingerprint density at radius 2 is 1.71 bits per heavy atom. The highest BCUT2D eigenvalue weighted by Crippen LogP contribution is 2.06. The SMILES string of the molecule is O[Si](O)(O)CCCNc1ccccc1. The van der Waals surface area contributed by atoms with Gasteiger partial charge in [0.25, 0.3) is 0 Å². The van der Waals surface area contributed by atoms with E-state index >= 15 is 0 Å². The molecule has 0 fully saturated rings. The molecule has 0 radical (unpaired) electrons. The van der Waals surface area contributed by atoms with Crippen LogP contribution in [0.5, 0.6) is 0 Å². The number of hydrogen-bond acceptors (Lipinski definition) is 4. The van der Waals surface area contributed by atoms with E-state index in [0.29, 0.717) is 13.0 Å². The van der Waals surface area contributed by atoms with Crippen LogP contribution < -0.4 is 5.32 Å². The fraction of sp³-hybridized carbons (Fsp3) is 0.333. The Bertz CT molecular complexity index is 261. The second-order valence-electron chi connectivity index (χ2n) is 3.17. The van der Waals surface area contributed by atoms with Gasteiger partial charge in [0.1, 0.15) is 0 Å². The summed E-state index contributed by atoms with van der Waals surface area (Å²) < 4.78 is 0. The fourth-order valence-electron chi connectivity index (χ4n) is 1.11. The maximum atomic E-state index is 8.74. The summed E-state index contributed by atoms with van der Waals surface area (Å²) in [5.41, 5.74) is 0.994. The molecule has 0 aliphatic carbocycles. The third-order valence-corrected chi connectivity index (χ3v) is 2.82. The molecule has 0 aliphatic heterocycles. The molecule has 4 nitrogen and oxygen atoms in total. The Morgan fingerprint density at radius 1 is 1.07 bits per heavy atom. The van der Waals surface area contributed by atoms with Crippen LogP contribution in [-0.2, 0) is 0 Å². The van der Waals surface area contributed by atoms with Crippen LogP contribution in [0.1, 0.15) is 6.42 Å². The average molecular weight is 213 g/mol.